The third kappa shape index (κ3) is 8.69. The summed E-state index contributed by atoms with van der Waals surface area (Å²) in [5.74, 6) is 1.42. The minimum absolute atomic E-state index is 0.0939. The summed E-state index contributed by atoms with van der Waals surface area (Å²) >= 11 is 0. The summed E-state index contributed by atoms with van der Waals surface area (Å²) in [5.41, 5.74) is 17.9. The molecule has 1 aliphatic carbocycles. The van der Waals surface area contributed by atoms with Crippen LogP contribution < -0.4 is 4.90 Å². The molecule has 0 fully saturated rings. The molecule has 0 radical (unpaired) electrons. The molecule has 0 N–H and O–H groups in total. The van der Waals surface area contributed by atoms with Gasteiger partial charge in [-0.05, 0) is 147 Å². The van der Waals surface area contributed by atoms with Crippen molar-refractivity contribution < 1.29 is 0 Å². The van der Waals surface area contributed by atoms with Crippen LogP contribution in [0.4, 0.5) is 17.1 Å². The molecule has 0 amide bonds. The van der Waals surface area contributed by atoms with Crippen molar-refractivity contribution >= 4 is 34.0 Å². The number of para-hydroxylation sites is 1. The molecule has 0 spiro atoms. The molecule has 0 saturated heterocycles. The number of hydrogen-bond donors (Lipinski definition) is 0. The van der Waals surface area contributed by atoms with Gasteiger partial charge in [-0.25, -0.2) is 0 Å². The second kappa shape index (κ2) is 17.1. The summed E-state index contributed by atoms with van der Waals surface area (Å²) in [5, 5.41) is 1.33. The maximum atomic E-state index is 2.49. The van der Waals surface area contributed by atoms with Gasteiger partial charge in [0.2, 0.25) is 0 Å². The minimum atomic E-state index is 0.0939. The monoisotopic (exact) mass is 822 g/mol. The molecular formula is C61H62N2. The van der Waals surface area contributed by atoms with Gasteiger partial charge in [0.05, 0.1) is 5.52 Å². The van der Waals surface area contributed by atoms with Gasteiger partial charge >= 0.3 is 0 Å². The standard InChI is InChI=1S/C61H62N2/c1-42(2)39-57(61(6,7)8)47-21-19-45(20-22-47)48-27-37-58-55(40-48)56-41-49(28-38-59(56)63(58)54-35-29-50(30-36-54)60(3,4)5)46-25-33-53(34-26-46)62(51-17-13-10-14-18-51)52-31-23-44(24-32-52)43-15-11-9-12-16-43/h9-38,40,42,49,57H,39,41H2,1-8H3. The lowest BCUT2D eigenvalue weighted by Gasteiger charge is -2.32. The number of hydrogen-bond acceptors (Lipinski definition) is 1. The van der Waals surface area contributed by atoms with Gasteiger partial charge in [0.25, 0.3) is 0 Å². The Labute approximate surface area is 376 Å². The molecule has 0 aliphatic heterocycles. The Hall–Kier alpha value is -6.38. The number of rotatable bonds is 10. The molecule has 2 atom stereocenters. The Bertz CT molecular complexity index is 2830. The number of allylic oxidation sites excluding steroid dienone is 1. The topological polar surface area (TPSA) is 8.17 Å². The predicted octanol–water partition coefficient (Wildman–Crippen LogP) is 17.3. The average molecular weight is 823 g/mol. The van der Waals surface area contributed by atoms with E-state index in [1.54, 1.807) is 0 Å². The first-order valence-corrected chi connectivity index (χ1v) is 23.0. The van der Waals surface area contributed by atoms with Gasteiger partial charge in [-0.1, -0.05) is 177 Å². The molecule has 2 unspecified atom stereocenters. The maximum absolute atomic E-state index is 2.49. The van der Waals surface area contributed by atoms with Crippen molar-refractivity contribution in [2.75, 3.05) is 4.90 Å². The van der Waals surface area contributed by atoms with E-state index in [-0.39, 0.29) is 16.7 Å². The lowest BCUT2D eigenvalue weighted by atomic mass is 9.72. The first kappa shape index (κ1) is 41.9. The zero-order valence-electron chi connectivity index (χ0n) is 38.4. The van der Waals surface area contributed by atoms with E-state index in [1.807, 2.05) is 0 Å². The molecule has 9 rings (SSSR count). The Morgan fingerprint density at radius 2 is 1.11 bits per heavy atom. The minimum Gasteiger partial charge on any atom is -0.311 e. The molecule has 1 aliphatic rings. The molecule has 2 heteroatoms. The second-order valence-corrected chi connectivity index (χ2v) is 20.2. The quantitative estimate of drug-likeness (QED) is 0.133. The Balaban J connectivity index is 1.07. The van der Waals surface area contributed by atoms with Crippen LogP contribution >= 0.6 is 0 Å². The molecule has 0 bridgehead atoms. The van der Waals surface area contributed by atoms with Gasteiger partial charge in [0.15, 0.2) is 0 Å². The van der Waals surface area contributed by atoms with E-state index in [2.05, 4.69) is 253 Å². The normalized spacial score (nSPS) is 14.5. The van der Waals surface area contributed by atoms with Crippen LogP contribution in [0, 0.1) is 11.3 Å². The van der Waals surface area contributed by atoms with Crippen LogP contribution in [-0.4, -0.2) is 4.57 Å². The molecule has 316 valence electrons. The van der Waals surface area contributed by atoms with Crippen LogP contribution in [0.3, 0.4) is 0 Å². The Morgan fingerprint density at radius 1 is 0.571 bits per heavy atom. The summed E-state index contributed by atoms with van der Waals surface area (Å²) in [7, 11) is 0. The number of fused-ring (bicyclic) bond motifs is 3. The third-order valence-corrected chi connectivity index (χ3v) is 13.2. The van der Waals surface area contributed by atoms with Crippen molar-refractivity contribution in [3.05, 3.63) is 210 Å². The van der Waals surface area contributed by atoms with E-state index in [0.717, 1.165) is 23.5 Å². The first-order valence-electron chi connectivity index (χ1n) is 23.0. The van der Waals surface area contributed by atoms with Crippen LogP contribution in [0.1, 0.15) is 102 Å². The lowest BCUT2D eigenvalue weighted by molar-refractivity contribution is 0.280. The van der Waals surface area contributed by atoms with E-state index < -0.39 is 0 Å². The highest BCUT2D eigenvalue weighted by Crippen LogP contribution is 2.43. The lowest BCUT2D eigenvalue weighted by Crippen LogP contribution is -2.20. The van der Waals surface area contributed by atoms with Gasteiger partial charge in [0, 0.05) is 39.7 Å². The third-order valence-electron chi connectivity index (χ3n) is 13.2. The largest absolute Gasteiger partial charge is 0.311 e. The maximum Gasteiger partial charge on any atom is 0.0538 e. The van der Waals surface area contributed by atoms with Crippen LogP contribution in [0.5, 0.6) is 0 Å². The molecule has 2 nitrogen and oxygen atoms in total. The number of anilines is 3. The summed E-state index contributed by atoms with van der Waals surface area (Å²) in [4.78, 5) is 2.35. The molecule has 1 heterocycles. The van der Waals surface area contributed by atoms with E-state index in [1.165, 1.54) is 73.2 Å². The average Bonchev–Trinajstić information content (AvgIpc) is 3.62. The van der Waals surface area contributed by atoms with Crippen molar-refractivity contribution in [1.29, 1.82) is 0 Å². The fraction of sp³-hybridized carbons (Fsp3) is 0.246. The van der Waals surface area contributed by atoms with Gasteiger partial charge in [-0.2, -0.15) is 0 Å². The first-order chi connectivity index (χ1) is 30.3. The van der Waals surface area contributed by atoms with Gasteiger partial charge in [-0.15, -0.1) is 0 Å². The molecule has 8 aromatic rings. The second-order valence-electron chi connectivity index (χ2n) is 20.2. The van der Waals surface area contributed by atoms with Crippen LogP contribution in [0.25, 0.3) is 44.9 Å². The fourth-order valence-corrected chi connectivity index (χ4v) is 9.75. The van der Waals surface area contributed by atoms with Crippen molar-refractivity contribution in [2.24, 2.45) is 11.3 Å². The fourth-order valence-electron chi connectivity index (χ4n) is 9.75. The number of aromatic nitrogens is 1. The van der Waals surface area contributed by atoms with Gasteiger partial charge < -0.3 is 9.47 Å². The molecular weight excluding hydrogens is 761 g/mol. The Morgan fingerprint density at radius 3 is 1.71 bits per heavy atom. The molecule has 1 aromatic heterocycles. The Kier molecular flexibility index (Phi) is 11.4. The van der Waals surface area contributed by atoms with Crippen molar-refractivity contribution in [1.82, 2.24) is 4.57 Å². The SMILES string of the molecule is CC(C)CC(c1ccc(-c2ccc3c(c2)c2c(n3-c3ccc(C(C)(C)C)cc3)C=CC(c3ccc(N(c4ccccc4)c4ccc(-c5ccccc5)cc4)cc3)C2)cc1)C(C)(C)C. The van der Waals surface area contributed by atoms with Crippen LogP contribution in [0.2, 0.25) is 0 Å². The molecule has 63 heavy (non-hydrogen) atoms. The van der Waals surface area contributed by atoms with Crippen molar-refractivity contribution in [3.8, 4) is 27.9 Å². The molecule has 7 aromatic carbocycles. The van der Waals surface area contributed by atoms with Gasteiger partial charge in [-0.3, -0.25) is 0 Å². The summed E-state index contributed by atoms with van der Waals surface area (Å²) in [6, 6.07) is 65.3. The van der Waals surface area contributed by atoms with Gasteiger partial charge in [0.1, 0.15) is 0 Å². The highest BCUT2D eigenvalue weighted by molar-refractivity contribution is 5.94. The van der Waals surface area contributed by atoms with Crippen molar-refractivity contribution in [3.63, 3.8) is 0 Å². The van der Waals surface area contributed by atoms with Crippen LogP contribution in [-0.2, 0) is 11.8 Å². The highest BCUT2D eigenvalue weighted by atomic mass is 15.1. The van der Waals surface area contributed by atoms with Crippen molar-refractivity contribution in [2.45, 2.75) is 85.5 Å². The van der Waals surface area contributed by atoms with E-state index >= 15 is 0 Å². The zero-order valence-corrected chi connectivity index (χ0v) is 38.4. The predicted molar refractivity (Wildman–Crippen MR) is 271 cm³/mol. The van der Waals surface area contributed by atoms with E-state index in [0.29, 0.717) is 11.8 Å². The summed E-state index contributed by atoms with van der Waals surface area (Å²) in [6.07, 6.45) is 6.94. The summed E-state index contributed by atoms with van der Waals surface area (Å²) < 4.78 is 2.49. The molecule has 0 saturated carbocycles. The smallest absolute Gasteiger partial charge is 0.0538 e. The van der Waals surface area contributed by atoms with E-state index in [4.69, 9.17) is 0 Å². The zero-order chi connectivity index (χ0) is 43.9. The number of nitrogens with zero attached hydrogens (tertiary/aromatic N) is 2. The highest BCUT2D eigenvalue weighted by Gasteiger charge is 2.28. The van der Waals surface area contributed by atoms with Crippen LogP contribution in [0.15, 0.2) is 182 Å². The summed E-state index contributed by atoms with van der Waals surface area (Å²) in [6.45, 7) is 18.7. The van der Waals surface area contributed by atoms with E-state index in [9.17, 15) is 0 Å². The number of benzene rings is 7.